The highest BCUT2D eigenvalue weighted by atomic mass is 16.1. The molecule has 0 aliphatic rings. The maximum absolute atomic E-state index is 11.9. The summed E-state index contributed by atoms with van der Waals surface area (Å²) in [6.45, 7) is 6.11. The molecule has 0 saturated heterocycles. The summed E-state index contributed by atoms with van der Waals surface area (Å²) >= 11 is 0. The van der Waals surface area contributed by atoms with Gasteiger partial charge >= 0.3 is 0 Å². The fraction of sp³-hybridized carbons (Fsp3) is 0.368. The van der Waals surface area contributed by atoms with Gasteiger partial charge in [0.2, 0.25) is 0 Å². The van der Waals surface area contributed by atoms with Crippen molar-refractivity contribution in [1.29, 1.82) is 0 Å². The molecule has 3 rings (SSSR count). The van der Waals surface area contributed by atoms with E-state index in [1.807, 2.05) is 26.2 Å². The van der Waals surface area contributed by atoms with Gasteiger partial charge in [-0.2, -0.15) is 5.10 Å². The number of aromatic nitrogens is 5. The second-order valence-corrected chi connectivity index (χ2v) is 6.21. The van der Waals surface area contributed by atoms with Crippen LogP contribution in [0.25, 0.3) is 22.7 Å². The minimum Gasteiger partial charge on any atom is -0.307 e. The molecular formula is C19H23N5O. The van der Waals surface area contributed by atoms with Crippen LogP contribution in [0, 0.1) is 6.92 Å². The van der Waals surface area contributed by atoms with E-state index in [1.165, 1.54) is 0 Å². The number of nitrogens with zero attached hydrogens (tertiary/aromatic N) is 4. The third kappa shape index (κ3) is 3.52. The predicted octanol–water partition coefficient (Wildman–Crippen LogP) is 3.26. The highest BCUT2D eigenvalue weighted by Crippen LogP contribution is 2.21. The Morgan fingerprint density at radius 2 is 2.12 bits per heavy atom. The molecule has 6 nitrogen and oxygen atoms in total. The summed E-state index contributed by atoms with van der Waals surface area (Å²) in [6.07, 6.45) is 6.39. The molecule has 1 N–H and O–H groups in total. The van der Waals surface area contributed by atoms with Crippen LogP contribution in [-0.2, 0) is 13.5 Å². The Labute approximate surface area is 146 Å². The van der Waals surface area contributed by atoms with Crippen molar-refractivity contribution in [2.45, 2.75) is 40.0 Å². The van der Waals surface area contributed by atoms with Crippen LogP contribution < -0.4 is 5.56 Å². The maximum Gasteiger partial charge on any atom is 0.251 e. The van der Waals surface area contributed by atoms with Crippen LogP contribution >= 0.6 is 0 Å². The Hall–Kier alpha value is -2.76. The summed E-state index contributed by atoms with van der Waals surface area (Å²) in [5.74, 6) is 0.640. The predicted molar refractivity (Wildman–Crippen MR) is 100 cm³/mol. The van der Waals surface area contributed by atoms with Crippen molar-refractivity contribution < 1.29 is 0 Å². The number of hydrogen-bond donors (Lipinski definition) is 1. The number of aryl methyl sites for hydroxylation is 3. The first kappa shape index (κ1) is 17.1. The van der Waals surface area contributed by atoms with Crippen LogP contribution in [0.4, 0.5) is 0 Å². The average Bonchev–Trinajstić information content (AvgIpc) is 2.86. The minimum atomic E-state index is -0.107. The van der Waals surface area contributed by atoms with Crippen LogP contribution in [0.3, 0.4) is 0 Å². The van der Waals surface area contributed by atoms with Gasteiger partial charge in [-0.05, 0) is 43.0 Å². The largest absolute Gasteiger partial charge is 0.307 e. The van der Waals surface area contributed by atoms with Gasteiger partial charge in [0, 0.05) is 30.4 Å². The van der Waals surface area contributed by atoms with Crippen molar-refractivity contribution in [2.75, 3.05) is 0 Å². The zero-order valence-electron chi connectivity index (χ0n) is 15.1. The van der Waals surface area contributed by atoms with E-state index >= 15 is 0 Å². The Bertz CT molecular complexity index is 997. The zero-order chi connectivity index (χ0) is 18.0. The van der Waals surface area contributed by atoms with Gasteiger partial charge in [-0.15, -0.1) is 0 Å². The normalized spacial score (nSPS) is 12.1. The lowest BCUT2D eigenvalue weighted by molar-refractivity contribution is 0.774. The minimum absolute atomic E-state index is 0.107. The van der Waals surface area contributed by atoms with E-state index in [1.54, 1.807) is 10.7 Å². The fourth-order valence-corrected chi connectivity index (χ4v) is 2.99. The van der Waals surface area contributed by atoms with Crippen molar-refractivity contribution in [1.82, 2.24) is 24.7 Å². The van der Waals surface area contributed by atoms with Gasteiger partial charge < -0.3 is 4.98 Å². The highest BCUT2D eigenvalue weighted by molar-refractivity contribution is 5.84. The first-order valence-corrected chi connectivity index (χ1v) is 8.62. The summed E-state index contributed by atoms with van der Waals surface area (Å²) in [7, 11) is 1.89. The van der Waals surface area contributed by atoms with Gasteiger partial charge in [-0.25, -0.2) is 9.97 Å². The molecule has 3 aromatic rings. The van der Waals surface area contributed by atoms with Gasteiger partial charge in [0.05, 0.1) is 5.69 Å². The second-order valence-electron chi connectivity index (χ2n) is 6.21. The summed E-state index contributed by atoms with van der Waals surface area (Å²) in [4.78, 5) is 23.9. The molecule has 0 atom stereocenters. The maximum atomic E-state index is 11.9. The Morgan fingerprint density at radius 1 is 1.32 bits per heavy atom. The van der Waals surface area contributed by atoms with Gasteiger partial charge in [0.25, 0.3) is 5.56 Å². The molecule has 0 aliphatic heterocycles. The van der Waals surface area contributed by atoms with Crippen molar-refractivity contribution >= 4 is 22.7 Å². The molecule has 0 saturated carbocycles. The third-order valence-electron chi connectivity index (χ3n) is 4.21. The van der Waals surface area contributed by atoms with Crippen molar-refractivity contribution in [2.24, 2.45) is 7.05 Å². The average molecular weight is 337 g/mol. The van der Waals surface area contributed by atoms with Gasteiger partial charge in [-0.3, -0.25) is 9.48 Å². The monoisotopic (exact) mass is 337 g/mol. The molecule has 130 valence electrons. The van der Waals surface area contributed by atoms with E-state index < -0.39 is 0 Å². The lowest BCUT2D eigenvalue weighted by atomic mass is 10.1. The topological polar surface area (TPSA) is 76.5 Å². The van der Waals surface area contributed by atoms with Crippen LogP contribution in [0.1, 0.15) is 49.5 Å². The number of H-pyrrole nitrogens is 1. The molecule has 25 heavy (non-hydrogen) atoms. The van der Waals surface area contributed by atoms with Crippen LogP contribution in [-0.4, -0.2) is 24.7 Å². The van der Waals surface area contributed by atoms with E-state index in [9.17, 15) is 4.79 Å². The molecular weight excluding hydrogens is 314 g/mol. The molecule has 3 heterocycles. The number of pyridine rings is 1. The second kappa shape index (κ2) is 7.01. The standard InChI is InChI=1S/C19H23N5O/c1-5-7-15-10-17(25)22-18(21-15)14(6-2)8-13-9-16-12(3)23-24(4)19(16)20-11-13/h8-11H,5-7H2,1-4H3,(H,21,22,25)/b14-8+. The lowest BCUT2D eigenvalue weighted by Gasteiger charge is -2.07. The fourth-order valence-electron chi connectivity index (χ4n) is 2.99. The molecule has 0 fully saturated rings. The van der Waals surface area contributed by atoms with Gasteiger partial charge in [0.1, 0.15) is 5.82 Å². The molecule has 3 aromatic heterocycles. The smallest absolute Gasteiger partial charge is 0.251 e. The molecule has 0 unspecified atom stereocenters. The Morgan fingerprint density at radius 3 is 2.84 bits per heavy atom. The number of hydrogen-bond acceptors (Lipinski definition) is 4. The summed E-state index contributed by atoms with van der Waals surface area (Å²) in [5.41, 5.74) is 4.50. The highest BCUT2D eigenvalue weighted by Gasteiger charge is 2.09. The molecule has 0 spiro atoms. The summed E-state index contributed by atoms with van der Waals surface area (Å²) < 4.78 is 1.78. The quantitative estimate of drug-likeness (QED) is 0.775. The Balaban J connectivity index is 2.06. The van der Waals surface area contributed by atoms with E-state index in [2.05, 4.69) is 40.0 Å². The van der Waals surface area contributed by atoms with Gasteiger partial charge in [-0.1, -0.05) is 20.3 Å². The Kier molecular flexibility index (Phi) is 4.79. The molecule has 0 bridgehead atoms. The number of nitrogens with one attached hydrogen (secondary N) is 1. The molecule has 0 amide bonds. The summed E-state index contributed by atoms with van der Waals surface area (Å²) in [6, 6.07) is 3.65. The number of aromatic amines is 1. The number of rotatable bonds is 5. The van der Waals surface area contributed by atoms with Gasteiger partial charge in [0.15, 0.2) is 5.65 Å². The van der Waals surface area contributed by atoms with E-state index in [0.29, 0.717) is 5.82 Å². The SMILES string of the molecule is CCCc1cc(=O)[nH]c(/C(=C/c2cnc3c(c2)c(C)nn3C)CC)n1. The summed E-state index contributed by atoms with van der Waals surface area (Å²) in [5, 5.41) is 5.44. The van der Waals surface area contributed by atoms with Crippen molar-refractivity contribution in [3.05, 3.63) is 51.5 Å². The van der Waals surface area contributed by atoms with E-state index in [-0.39, 0.29) is 5.56 Å². The molecule has 0 aromatic carbocycles. The molecule has 0 aliphatic carbocycles. The lowest BCUT2D eigenvalue weighted by Crippen LogP contribution is -2.12. The van der Waals surface area contributed by atoms with Crippen molar-refractivity contribution in [3.63, 3.8) is 0 Å². The first-order valence-electron chi connectivity index (χ1n) is 8.62. The van der Waals surface area contributed by atoms with E-state index in [0.717, 1.165) is 52.8 Å². The third-order valence-corrected chi connectivity index (χ3v) is 4.21. The van der Waals surface area contributed by atoms with E-state index in [4.69, 9.17) is 0 Å². The van der Waals surface area contributed by atoms with Crippen LogP contribution in [0.15, 0.2) is 23.1 Å². The number of allylic oxidation sites excluding steroid dienone is 1. The van der Waals surface area contributed by atoms with Crippen molar-refractivity contribution in [3.8, 4) is 0 Å². The zero-order valence-corrected chi connectivity index (χ0v) is 15.1. The van der Waals surface area contributed by atoms with Crippen LogP contribution in [0.2, 0.25) is 0 Å². The first-order chi connectivity index (χ1) is 12.0. The number of fused-ring (bicyclic) bond motifs is 1. The molecule has 6 heteroatoms. The van der Waals surface area contributed by atoms with Crippen LogP contribution in [0.5, 0.6) is 0 Å². The molecule has 0 radical (unpaired) electrons.